The van der Waals surface area contributed by atoms with Crippen molar-refractivity contribution in [1.29, 1.82) is 0 Å². The van der Waals surface area contributed by atoms with Gasteiger partial charge in [0.25, 0.3) is 0 Å². The Bertz CT molecular complexity index is 919. The van der Waals surface area contributed by atoms with Crippen molar-refractivity contribution in [2.75, 3.05) is 13.1 Å². The fourth-order valence-electron chi connectivity index (χ4n) is 4.11. The van der Waals surface area contributed by atoms with Crippen molar-refractivity contribution in [3.05, 3.63) is 71.8 Å². The molecule has 154 valence electrons. The minimum atomic E-state index is -3.35. The van der Waals surface area contributed by atoms with Crippen molar-refractivity contribution in [2.24, 2.45) is 11.8 Å². The van der Waals surface area contributed by atoms with Crippen LogP contribution >= 0.6 is 0 Å². The summed E-state index contributed by atoms with van der Waals surface area (Å²) in [5.41, 5.74) is 1.95. The molecule has 5 nitrogen and oxygen atoms in total. The summed E-state index contributed by atoms with van der Waals surface area (Å²) in [4.78, 5) is 12.9. The number of benzene rings is 2. The van der Waals surface area contributed by atoms with Crippen molar-refractivity contribution < 1.29 is 13.2 Å². The fourth-order valence-corrected chi connectivity index (χ4v) is 5.67. The standard InChI is InChI=1S/C23H28N2O3S/c26-23(24-22(20-11-12-20)19-9-5-2-6-10-19)21-13-15-25(16-14-21)29(27,28)17-18-7-3-1-4-8-18/h1-10,20-22H,11-17H2,(H,24,26). The molecule has 1 amide bonds. The summed E-state index contributed by atoms with van der Waals surface area (Å²) in [6.45, 7) is 0.819. The van der Waals surface area contributed by atoms with Gasteiger partial charge >= 0.3 is 0 Å². The molecule has 2 aromatic carbocycles. The van der Waals surface area contributed by atoms with Crippen molar-refractivity contribution in [2.45, 2.75) is 37.5 Å². The van der Waals surface area contributed by atoms with Gasteiger partial charge in [-0.2, -0.15) is 0 Å². The van der Waals surface area contributed by atoms with Gasteiger partial charge in [-0.15, -0.1) is 0 Å². The number of piperidine rings is 1. The normalized spacial score (nSPS) is 19.6. The zero-order valence-corrected chi connectivity index (χ0v) is 17.4. The highest BCUT2D eigenvalue weighted by Gasteiger charge is 2.36. The van der Waals surface area contributed by atoms with Gasteiger partial charge in [-0.3, -0.25) is 4.79 Å². The first-order valence-corrected chi connectivity index (χ1v) is 12.0. The van der Waals surface area contributed by atoms with Gasteiger partial charge in [0.15, 0.2) is 0 Å². The molecule has 0 bridgehead atoms. The molecule has 2 aliphatic rings. The van der Waals surface area contributed by atoms with Crippen LogP contribution in [0.1, 0.15) is 42.9 Å². The number of rotatable bonds is 7. The van der Waals surface area contributed by atoms with Gasteiger partial charge in [0.2, 0.25) is 15.9 Å². The number of hydrogen-bond donors (Lipinski definition) is 1. The molecule has 1 saturated carbocycles. The second kappa shape index (κ2) is 8.67. The topological polar surface area (TPSA) is 66.5 Å². The van der Waals surface area contributed by atoms with Gasteiger partial charge in [0, 0.05) is 19.0 Å². The van der Waals surface area contributed by atoms with Crippen LogP contribution in [0.5, 0.6) is 0 Å². The molecule has 6 heteroatoms. The van der Waals surface area contributed by atoms with Crippen LogP contribution in [0.15, 0.2) is 60.7 Å². The highest BCUT2D eigenvalue weighted by Crippen LogP contribution is 2.41. The molecule has 29 heavy (non-hydrogen) atoms. The van der Waals surface area contributed by atoms with E-state index < -0.39 is 10.0 Å². The van der Waals surface area contributed by atoms with E-state index in [0.29, 0.717) is 31.8 Å². The maximum absolute atomic E-state index is 12.9. The molecular formula is C23H28N2O3S. The molecule has 0 spiro atoms. The van der Waals surface area contributed by atoms with Crippen LogP contribution in [0.4, 0.5) is 0 Å². The highest BCUT2D eigenvalue weighted by molar-refractivity contribution is 7.88. The van der Waals surface area contributed by atoms with Crippen molar-refractivity contribution in [3.8, 4) is 0 Å². The zero-order chi connectivity index (χ0) is 20.3. The van der Waals surface area contributed by atoms with E-state index in [1.807, 2.05) is 48.5 Å². The second-order valence-corrected chi connectivity index (χ2v) is 10.1. The molecule has 1 aliphatic heterocycles. The third-order valence-corrected chi connectivity index (χ3v) is 7.81. The number of carbonyl (C=O) groups is 1. The van der Waals surface area contributed by atoms with Crippen LogP contribution in [-0.2, 0) is 20.6 Å². The second-order valence-electron chi connectivity index (χ2n) is 8.15. The summed E-state index contributed by atoms with van der Waals surface area (Å²) >= 11 is 0. The summed E-state index contributed by atoms with van der Waals surface area (Å²) in [6.07, 6.45) is 3.45. The summed E-state index contributed by atoms with van der Waals surface area (Å²) in [5.74, 6) is 0.476. The van der Waals surface area contributed by atoms with Crippen LogP contribution in [0, 0.1) is 11.8 Å². The van der Waals surface area contributed by atoms with E-state index in [-0.39, 0.29) is 23.6 Å². The Kier molecular flexibility index (Phi) is 6.01. The summed E-state index contributed by atoms with van der Waals surface area (Å²) in [6, 6.07) is 19.5. The van der Waals surface area contributed by atoms with Crippen LogP contribution in [0.2, 0.25) is 0 Å². The maximum atomic E-state index is 12.9. The summed E-state index contributed by atoms with van der Waals surface area (Å²) < 4.78 is 27.0. The molecule has 0 radical (unpaired) electrons. The van der Waals surface area contributed by atoms with Gasteiger partial charge < -0.3 is 5.32 Å². The van der Waals surface area contributed by atoms with Crippen LogP contribution in [0.3, 0.4) is 0 Å². The molecular weight excluding hydrogens is 384 g/mol. The molecule has 0 aromatic heterocycles. The van der Waals surface area contributed by atoms with Gasteiger partial charge in [-0.1, -0.05) is 60.7 Å². The third-order valence-electron chi connectivity index (χ3n) is 5.96. The first-order valence-electron chi connectivity index (χ1n) is 10.4. The number of sulfonamides is 1. The number of carbonyl (C=O) groups excluding carboxylic acids is 1. The highest BCUT2D eigenvalue weighted by atomic mass is 32.2. The average molecular weight is 413 g/mol. The first kappa shape index (κ1) is 20.1. The fraction of sp³-hybridized carbons (Fsp3) is 0.435. The predicted octanol–water partition coefficient (Wildman–Crippen LogP) is 3.50. The molecule has 1 N–H and O–H groups in total. The number of nitrogens with one attached hydrogen (secondary N) is 1. The van der Waals surface area contributed by atoms with Gasteiger partial charge in [0.1, 0.15) is 0 Å². The lowest BCUT2D eigenvalue weighted by atomic mass is 9.95. The van der Waals surface area contributed by atoms with E-state index in [2.05, 4.69) is 17.4 Å². The van der Waals surface area contributed by atoms with E-state index in [4.69, 9.17) is 0 Å². The summed E-state index contributed by atoms with van der Waals surface area (Å²) in [7, 11) is -3.35. The Labute approximate surface area is 173 Å². The number of nitrogens with zero attached hydrogens (tertiary/aromatic N) is 1. The molecule has 2 aromatic rings. The maximum Gasteiger partial charge on any atom is 0.223 e. The molecule has 1 unspecified atom stereocenters. The lowest BCUT2D eigenvalue weighted by molar-refractivity contribution is -0.127. The Morgan fingerprint density at radius 3 is 2.10 bits per heavy atom. The first-order chi connectivity index (χ1) is 14.0. The van der Waals surface area contributed by atoms with Crippen LogP contribution in [-0.4, -0.2) is 31.7 Å². The Hall–Kier alpha value is -2.18. The van der Waals surface area contributed by atoms with Crippen molar-refractivity contribution >= 4 is 15.9 Å². The van der Waals surface area contributed by atoms with E-state index in [1.165, 1.54) is 0 Å². The third kappa shape index (κ3) is 5.06. The summed E-state index contributed by atoms with van der Waals surface area (Å²) in [5, 5.41) is 3.25. The monoisotopic (exact) mass is 412 g/mol. The van der Waals surface area contributed by atoms with Crippen molar-refractivity contribution in [3.63, 3.8) is 0 Å². The minimum absolute atomic E-state index is 0.0163. The molecule has 2 fully saturated rings. The lowest BCUT2D eigenvalue weighted by Crippen LogP contribution is -2.44. The zero-order valence-electron chi connectivity index (χ0n) is 16.5. The molecule has 4 rings (SSSR count). The Morgan fingerprint density at radius 2 is 1.52 bits per heavy atom. The van der Waals surface area contributed by atoms with Crippen LogP contribution in [0.25, 0.3) is 0 Å². The van der Waals surface area contributed by atoms with Crippen molar-refractivity contribution in [1.82, 2.24) is 9.62 Å². The van der Waals surface area contributed by atoms with Gasteiger partial charge in [-0.05, 0) is 42.7 Å². The minimum Gasteiger partial charge on any atom is -0.349 e. The Balaban J connectivity index is 1.33. The van der Waals surface area contributed by atoms with Gasteiger partial charge in [-0.25, -0.2) is 12.7 Å². The van der Waals surface area contributed by atoms with E-state index in [1.54, 1.807) is 4.31 Å². The molecule has 1 heterocycles. The van der Waals surface area contributed by atoms with E-state index in [0.717, 1.165) is 24.0 Å². The van der Waals surface area contributed by atoms with E-state index >= 15 is 0 Å². The van der Waals surface area contributed by atoms with E-state index in [9.17, 15) is 13.2 Å². The quantitative estimate of drug-likeness (QED) is 0.757. The number of amides is 1. The number of hydrogen-bond acceptors (Lipinski definition) is 3. The smallest absolute Gasteiger partial charge is 0.223 e. The molecule has 1 aliphatic carbocycles. The average Bonchev–Trinajstić information content (AvgIpc) is 3.58. The molecule has 1 saturated heterocycles. The Morgan fingerprint density at radius 1 is 0.931 bits per heavy atom. The largest absolute Gasteiger partial charge is 0.349 e. The van der Waals surface area contributed by atoms with Crippen LogP contribution < -0.4 is 5.32 Å². The van der Waals surface area contributed by atoms with Gasteiger partial charge in [0.05, 0.1) is 11.8 Å². The predicted molar refractivity (Wildman–Crippen MR) is 113 cm³/mol. The molecule has 1 atom stereocenters. The lowest BCUT2D eigenvalue weighted by Gasteiger charge is -2.31. The SMILES string of the molecule is O=C(NC(c1ccccc1)C1CC1)C1CCN(S(=O)(=O)Cc2ccccc2)CC1.